The summed E-state index contributed by atoms with van der Waals surface area (Å²) < 4.78 is 3.03. The molecule has 0 aliphatic heterocycles. The quantitative estimate of drug-likeness (QED) is 0.568. The molecular weight excluding hydrogens is 377 g/mol. The Balaban J connectivity index is 1.99. The molecule has 0 aliphatic rings. The Kier molecular flexibility index (Phi) is 6.19. The van der Waals surface area contributed by atoms with Gasteiger partial charge in [0.1, 0.15) is 18.1 Å². The van der Waals surface area contributed by atoms with Crippen LogP contribution in [0.2, 0.25) is 0 Å². The van der Waals surface area contributed by atoms with Gasteiger partial charge < -0.3 is 10.5 Å². The summed E-state index contributed by atoms with van der Waals surface area (Å²) >= 11 is 16.4. The Morgan fingerprint density at radius 1 is 1.17 bits per heavy atom. The molecule has 126 valence electrons. The van der Waals surface area contributed by atoms with Crippen molar-refractivity contribution in [3.8, 4) is 0 Å². The number of nitrogen functional groups attached to an aromatic ring is 1. The van der Waals surface area contributed by atoms with Crippen LogP contribution >= 0.6 is 34.8 Å². The lowest BCUT2D eigenvalue weighted by atomic mass is 10.3. The maximum atomic E-state index is 11.5. The van der Waals surface area contributed by atoms with E-state index in [9.17, 15) is 4.79 Å². The monoisotopic (exact) mass is 387 g/mol. The number of amides is 1. The number of carbonyl (C=O) groups excluding carboxylic acids is 1. The first-order valence-electron chi connectivity index (χ1n) is 6.57. The zero-order valence-electron chi connectivity index (χ0n) is 12.1. The summed E-state index contributed by atoms with van der Waals surface area (Å²) in [6, 6.07) is 12.2. The number of aromatic nitrogens is 1. The van der Waals surface area contributed by atoms with Crippen molar-refractivity contribution in [2.45, 2.75) is 3.79 Å². The normalized spacial score (nSPS) is 11.5. The molecule has 0 saturated heterocycles. The summed E-state index contributed by atoms with van der Waals surface area (Å²) in [7, 11) is 0. The molecule has 0 radical (unpaired) electrons. The molecule has 3 N–H and O–H groups in total. The molecule has 1 aromatic carbocycles. The van der Waals surface area contributed by atoms with E-state index in [1.165, 1.54) is 6.07 Å². The van der Waals surface area contributed by atoms with Gasteiger partial charge in [0.25, 0.3) is 0 Å². The van der Waals surface area contributed by atoms with Gasteiger partial charge in [-0.3, -0.25) is 5.32 Å². The van der Waals surface area contributed by atoms with E-state index in [-0.39, 0.29) is 11.6 Å². The Hall–Kier alpha value is -2.09. The van der Waals surface area contributed by atoms with Crippen LogP contribution in [-0.2, 0) is 4.74 Å². The second-order valence-corrected chi connectivity index (χ2v) is 6.97. The van der Waals surface area contributed by atoms with Crippen LogP contribution in [0.25, 0.3) is 0 Å². The third-order valence-electron chi connectivity index (χ3n) is 2.53. The predicted molar refractivity (Wildman–Crippen MR) is 94.5 cm³/mol. The molecular formula is C14H12Cl3N5O2. The first-order chi connectivity index (χ1) is 11.3. The number of hydrogen-bond acceptors (Lipinski definition) is 6. The fraction of sp³-hybridized carbons (Fsp3) is 0.143. The van der Waals surface area contributed by atoms with Crippen LogP contribution in [0.4, 0.5) is 27.8 Å². The van der Waals surface area contributed by atoms with Crippen LogP contribution in [0.1, 0.15) is 0 Å². The van der Waals surface area contributed by atoms with Crippen molar-refractivity contribution in [2.24, 2.45) is 10.2 Å². The number of azo groups is 1. The minimum absolute atomic E-state index is 0.0915. The van der Waals surface area contributed by atoms with Crippen LogP contribution in [0, 0.1) is 0 Å². The number of hydrogen-bond donors (Lipinski definition) is 2. The highest BCUT2D eigenvalue weighted by Gasteiger charge is 2.22. The molecule has 1 aromatic heterocycles. The van der Waals surface area contributed by atoms with E-state index in [0.717, 1.165) is 0 Å². The van der Waals surface area contributed by atoms with E-state index < -0.39 is 16.5 Å². The van der Waals surface area contributed by atoms with E-state index in [0.29, 0.717) is 11.4 Å². The van der Waals surface area contributed by atoms with Gasteiger partial charge in [-0.1, -0.05) is 53.0 Å². The molecule has 2 aromatic rings. The van der Waals surface area contributed by atoms with Gasteiger partial charge >= 0.3 is 6.09 Å². The Morgan fingerprint density at radius 2 is 1.88 bits per heavy atom. The maximum absolute atomic E-state index is 11.5. The van der Waals surface area contributed by atoms with Gasteiger partial charge in [-0.25, -0.2) is 9.78 Å². The van der Waals surface area contributed by atoms with Crippen molar-refractivity contribution in [1.29, 1.82) is 0 Å². The van der Waals surface area contributed by atoms with Gasteiger partial charge in [0, 0.05) is 0 Å². The number of nitrogens with two attached hydrogens (primary N) is 1. The van der Waals surface area contributed by atoms with Gasteiger partial charge in [0.15, 0.2) is 5.82 Å². The smallest absolute Gasteiger partial charge is 0.412 e. The van der Waals surface area contributed by atoms with Gasteiger partial charge in [0.05, 0.1) is 5.69 Å². The van der Waals surface area contributed by atoms with Crippen molar-refractivity contribution in [2.75, 3.05) is 17.7 Å². The van der Waals surface area contributed by atoms with Crippen LogP contribution in [0.5, 0.6) is 0 Å². The molecule has 0 atom stereocenters. The standard InChI is InChI=1S/C14H12Cl3N5O2/c15-14(16,17)8-24-13(23)20-11-7-6-10(12(18)19-11)22-21-9-4-2-1-3-5-9/h1-7H,8H2,(H3,18,19,20,23)/b22-21+. The third kappa shape index (κ3) is 6.19. The van der Waals surface area contributed by atoms with E-state index in [2.05, 4.69) is 20.5 Å². The maximum Gasteiger partial charge on any atom is 0.412 e. The highest BCUT2D eigenvalue weighted by molar-refractivity contribution is 6.67. The molecule has 24 heavy (non-hydrogen) atoms. The lowest BCUT2D eigenvalue weighted by Gasteiger charge is -2.11. The lowest BCUT2D eigenvalue weighted by molar-refractivity contribution is 0.164. The first kappa shape index (κ1) is 18.3. The lowest BCUT2D eigenvalue weighted by Crippen LogP contribution is -2.21. The number of rotatable bonds is 4. The average molecular weight is 389 g/mol. The molecule has 0 saturated carbocycles. The number of carbonyl (C=O) groups is 1. The number of pyridine rings is 1. The summed E-state index contributed by atoms with van der Waals surface area (Å²) in [5.74, 6) is 0.259. The number of alkyl halides is 3. The average Bonchev–Trinajstić information content (AvgIpc) is 2.52. The van der Waals surface area contributed by atoms with Crippen LogP contribution < -0.4 is 11.1 Å². The Labute approximate surface area is 152 Å². The van der Waals surface area contributed by atoms with E-state index in [4.69, 9.17) is 45.3 Å². The largest absolute Gasteiger partial charge is 0.445 e. The number of ether oxygens (including phenoxy) is 1. The molecule has 0 bridgehead atoms. The van der Waals surface area contributed by atoms with E-state index >= 15 is 0 Å². The summed E-state index contributed by atoms with van der Waals surface area (Å²) in [6.45, 7) is -0.400. The fourth-order valence-electron chi connectivity index (χ4n) is 1.52. The highest BCUT2D eigenvalue weighted by Crippen LogP contribution is 2.27. The minimum atomic E-state index is -1.69. The van der Waals surface area contributed by atoms with Crippen molar-refractivity contribution in [3.63, 3.8) is 0 Å². The summed E-state index contributed by atoms with van der Waals surface area (Å²) in [5.41, 5.74) is 6.82. The van der Waals surface area contributed by atoms with Crippen molar-refractivity contribution in [3.05, 3.63) is 42.5 Å². The van der Waals surface area contributed by atoms with E-state index in [1.807, 2.05) is 18.2 Å². The number of nitrogens with one attached hydrogen (secondary N) is 1. The molecule has 10 heteroatoms. The molecule has 0 spiro atoms. The van der Waals surface area contributed by atoms with Gasteiger partial charge in [-0.2, -0.15) is 5.11 Å². The zero-order chi connectivity index (χ0) is 17.6. The van der Waals surface area contributed by atoms with E-state index in [1.54, 1.807) is 18.2 Å². The summed E-state index contributed by atoms with van der Waals surface area (Å²) in [5, 5.41) is 10.4. The summed E-state index contributed by atoms with van der Waals surface area (Å²) in [6.07, 6.45) is -0.827. The van der Waals surface area contributed by atoms with Crippen molar-refractivity contribution < 1.29 is 9.53 Å². The third-order valence-corrected chi connectivity index (χ3v) is 2.86. The minimum Gasteiger partial charge on any atom is -0.445 e. The molecule has 0 unspecified atom stereocenters. The van der Waals surface area contributed by atoms with Crippen LogP contribution in [0.15, 0.2) is 52.7 Å². The highest BCUT2D eigenvalue weighted by atomic mass is 35.6. The molecule has 7 nitrogen and oxygen atoms in total. The SMILES string of the molecule is Nc1nc(NC(=O)OCC(Cl)(Cl)Cl)ccc1/N=N/c1ccccc1. The fourth-order valence-corrected chi connectivity index (χ4v) is 1.68. The Morgan fingerprint density at radius 3 is 2.50 bits per heavy atom. The predicted octanol–water partition coefficient (Wildman–Crippen LogP) is 5.00. The van der Waals surface area contributed by atoms with Gasteiger partial charge in [-0.15, -0.1) is 5.11 Å². The molecule has 1 heterocycles. The van der Waals surface area contributed by atoms with Crippen LogP contribution in [-0.4, -0.2) is 21.5 Å². The van der Waals surface area contributed by atoms with Gasteiger partial charge in [-0.05, 0) is 24.3 Å². The molecule has 2 rings (SSSR count). The van der Waals surface area contributed by atoms with Gasteiger partial charge in [0.2, 0.25) is 3.79 Å². The summed E-state index contributed by atoms with van der Waals surface area (Å²) in [4.78, 5) is 15.5. The second kappa shape index (κ2) is 8.14. The van der Waals surface area contributed by atoms with Crippen molar-refractivity contribution in [1.82, 2.24) is 4.98 Å². The number of nitrogens with zero attached hydrogens (tertiary/aromatic N) is 3. The first-order valence-corrected chi connectivity index (χ1v) is 7.71. The molecule has 0 aliphatic carbocycles. The number of halogens is 3. The molecule has 0 fully saturated rings. The zero-order valence-corrected chi connectivity index (χ0v) is 14.4. The van der Waals surface area contributed by atoms with Crippen molar-refractivity contribution >= 4 is 63.9 Å². The topological polar surface area (TPSA) is 102 Å². The number of anilines is 2. The second-order valence-electron chi connectivity index (χ2n) is 4.45. The Bertz CT molecular complexity index is 735. The van der Waals surface area contributed by atoms with Crippen LogP contribution in [0.3, 0.4) is 0 Å². The molecule has 1 amide bonds. The number of benzene rings is 1.